The molecular formula is C16H14N2. The van der Waals surface area contributed by atoms with E-state index in [4.69, 9.17) is 12.2 Å². The zero-order valence-electron chi connectivity index (χ0n) is 9.98. The predicted octanol–water partition coefficient (Wildman–Crippen LogP) is 3.33. The molecule has 0 fully saturated rings. The lowest BCUT2D eigenvalue weighted by atomic mass is 10.1. The van der Waals surface area contributed by atoms with Crippen LogP contribution >= 0.6 is 0 Å². The molecule has 0 aliphatic carbocycles. The summed E-state index contributed by atoms with van der Waals surface area (Å²) in [7, 11) is 0. The van der Waals surface area contributed by atoms with Crippen LogP contribution in [0.5, 0.6) is 0 Å². The van der Waals surface area contributed by atoms with Gasteiger partial charge in [-0.3, -0.25) is 0 Å². The van der Waals surface area contributed by atoms with Gasteiger partial charge in [0.05, 0.1) is 5.69 Å². The van der Waals surface area contributed by atoms with E-state index in [-0.39, 0.29) is 0 Å². The first-order valence-corrected chi connectivity index (χ1v) is 5.59. The number of nitrogen functional groups attached to an aromatic ring is 1. The Balaban J connectivity index is 2.28. The van der Waals surface area contributed by atoms with Crippen molar-refractivity contribution < 1.29 is 0 Å². The minimum atomic E-state index is 0.688. The molecular weight excluding hydrogens is 220 g/mol. The molecule has 0 aromatic heterocycles. The third-order valence-electron chi connectivity index (χ3n) is 2.65. The second-order valence-corrected chi connectivity index (χ2v) is 3.88. The number of nitrogens with two attached hydrogens (primary N) is 1. The van der Waals surface area contributed by atoms with E-state index in [1.807, 2.05) is 48.5 Å². The van der Waals surface area contributed by atoms with Crippen LogP contribution in [-0.4, -0.2) is 0 Å². The molecule has 0 radical (unpaired) electrons. The highest BCUT2D eigenvalue weighted by Gasteiger charge is 2.05. The Hall–Kier alpha value is -2.66. The highest BCUT2D eigenvalue weighted by molar-refractivity contribution is 5.82. The van der Waals surface area contributed by atoms with E-state index in [0.29, 0.717) is 5.69 Å². The Morgan fingerprint density at radius 1 is 1.11 bits per heavy atom. The topological polar surface area (TPSA) is 38.0 Å². The van der Waals surface area contributed by atoms with Gasteiger partial charge in [-0.15, -0.1) is 6.42 Å². The van der Waals surface area contributed by atoms with Crippen molar-refractivity contribution in [3.05, 3.63) is 66.2 Å². The molecule has 88 valence electrons. The Labute approximate surface area is 107 Å². The maximum absolute atomic E-state index is 5.90. The van der Waals surface area contributed by atoms with Gasteiger partial charge in [0.15, 0.2) is 0 Å². The molecule has 2 rings (SSSR count). The van der Waals surface area contributed by atoms with E-state index < -0.39 is 0 Å². The van der Waals surface area contributed by atoms with Gasteiger partial charge >= 0.3 is 0 Å². The van der Waals surface area contributed by atoms with E-state index in [9.17, 15) is 0 Å². The molecule has 0 aliphatic rings. The average Bonchev–Trinajstić information content (AvgIpc) is 2.39. The van der Waals surface area contributed by atoms with Crippen LogP contribution in [-0.2, 0) is 0 Å². The zero-order chi connectivity index (χ0) is 13.0. The zero-order valence-corrected chi connectivity index (χ0v) is 9.98. The molecule has 2 nitrogen and oxygen atoms in total. The highest BCUT2D eigenvalue weighted by atomic mass is 14.9. The molecule has 2 aromatic rings. The fraction of sp³-hybridized carbons (Fsp3) is 0. The van der Waals surface area contributed by atoms with Gasteiger partial charge in [0.2, 0.25) is 0 Å². The normalized spacial score (nSPS) is 9.50. The van der Waals surface area contributed by atoms with Gasteiger partial charge in [0.1, 0.15) is 0 Å². The van der Waals surface area contributed by atoms with Crippen molar-refractivity contribution in [2.75, 3.05) is 11.1 Å². The van der Waals surface area contributed by atoms with Crippen molar-refractivity contribution in [3.8, 4) is 12.3 Å². The fourth-order valence-electron chi connectivity index (χ4n) is 1.72. The van der Waals surface area contributed by atoms with E-state index in [2.05, 4.69) is 17.8 Å². The standard InChI is InChI=1S/C16H14N2/c1-3-13-8-4-7-11-16(13)18-12(2)14-9-5-6-10-15(14)17/h1,4-11,18H,2,17H2. The van der Waals surface area contributed by atoms with E-state index >= 15 is 0 Å². The Morgan fingerprint density at radius 2 is 1.78 bits per heavy atom. The molecule has 0 spiro atoms. The maximum atomic E-state index is 5.90. The summed E-state index contributed by atoms with van der Waals surface area (Å²) >= 11 is 0. The van der Waals surface area contributed by atoms with Gasteiger partial charge in [0, 0.05) is 22.5 Å². The quantitative estimate of drug-likeness (QED) is 0.631. The van der Waals surface area contributed by atoms with Crippen LogP contribution in [0.15, 0.2) is 55.1 Å². The van der Waals surface area contributed by atoms with Crippen molar-refractivity contribution >= 4 is 17.1 Å². The summed E-state index contributed by atoms with van der Waals surface area (Å²) in [6, 6.07) is 15.2. The van der Waals surface area contributed by atoms with Crippen LogP contribution in [0, 0.1) is 12.3 Å². The number of rotatable bonds is 3. The number of nitrogens with one attached hydrogen (secondary N) is 1. The number of anilines is 2. The average molecular weight is 234 g/mol. The van der Waals surface area contributed by atoms with E-state index in [0.717, 1.165) is 22.5 Å². The molecule has 2 aromatic carbocycles. The molecule has 3 N–H and O–H groups in total. The van der Waals surface area contributed by atoms with Gasteiger partial charge in [-0.05, 0) is 18.2 Å². The summed E-state index contributed by atoms with van der Waals surface area (Å²) in [5, 5.41) is 3.20. The summed E-state index contributed by atoms with van der Waals surface area (Å²) in [6.07, 6.45) is 5.45. The SMILES string of the molecule is C#Cc1ccccc1NC(=C)c1ccccc1N. The van der Waals surface area contributed by atoms with Crippen LogP contribution in [0.25, 0.3) is 5.70 Å². The minimum absolute atomic E-state index is 0.688. The monoisotopic (exact) mass is 234 g/mol. The lowest BCUT2D eigenvalue weighted by Gasteiger charge is -2.13. The summed E-state index contributed by atoms with van der Waals surface area (Å²) in [4.78, 5) is 0. The van der Waals surface area contributed by atoms with Gasteiger partial charge in [-0.25, -0.2) is 0 Å². The van der Waals surface area contributed by atoms with Crippen molar-refractivity contribution in [2.24, 2.45) is 0 Å². The summed E-state index contributed by atoms with van der Waals surface area (Å²) in [6.45, 7) is 4.00. The van der Waals surface area contributed by atoms with Crippen molar-refractivity contribution in [2.45, 2.75) is 0 Å². The predicted molar refractivity (Wildman–Crippen MR) is 77.9 cm³/mol. The lowest BCUT2D eigenvalue weighted by Crippen LogP contribution is -2.02. The summed E-state index contributed by atoms with van der Waals surface area (Å²) < 4.78 is 0. The second-order valence-electron chi connectivity index (χ2n) is 3.88. The highest BCUT2D eigenvalue weighted by Crippen LogP contribution is 2.23. The molecule has 0 saturated heterocycles. The molecule has 2 heteroatoms. The molecule has 0 heterocycles. The third-order valence-corrected chi connectivity index (χ3v) is 2.65. The maximum Gasteiger partial charge on any atom is 0.0543 e. The van der Waals surface area contributed by atoms with Crippen LogP contribution < -0.4 is 11.1 Å². The largest absolute Gasteiger partial charge is 0.398 e. The first-order chi connectivity index (χ1) is 8.72. The fourth-order valence-corrected chi connectivity index (χ4v) is 1.72. The van der Waals surface area contributed by atoms with Gasteiger partial charge < -0.3 is 11.1 Å². The third kappa shape index (κ3) is 2.36. The number of hydrogen-bond donors (Lipinski definition) is 2. The summed E-state index contributed by atoms with van der Waals surface area (Å²) in [5.41, 5.74) is 9.86. The van der Waals surface area contributed by atoms with Gasteiger partial charge in [0.25, 0.3) is 0 Å². The van der Waals surface area contributed by atoms with Gasteiger partial charge in [-0.1, -0.05) is 42.8 Å². The smallest absolute Gasteiger partial charge is 0.0543 e. The number of benzene rings is 2. The number of hydrogen-bond acceptors (Lipinski definition) is 2. The second kappa shape index (κ2) is 5.11. The molecule has 0 amide bonds. The summed E-state index contributed by atoms with van der Waals surface area (Å²) in [5.74, 6) is 2.63. The first kappa shape index (κ1) is 11.8. The van der Waals surface area contributed by atoms with Gasteiger partial charge in [-0.2, -0.15) is 0 Å². The van der Waals surface area contributed by atoms with E-state index in [1.54, 1.807) is 0 Å². The van der Waals surface area contributed by atoms with Crippen molar-refractivity contribution in [1.82, 2.24) is 0 Å². The van der Waals surface area contributed by atoms with Crippen LogP contribution in [0.1, 0.15) is 11.1 Å². The Kier molecular flexibility index (Phi) is 3.36. The Morgan fingerprint density at radius 3 is 2.50 bits per heavy atom. The molecule has 0 bridgehead atoms. The molecule has 0 saturated carbocycles. The molecule has 0 aliphatic heterocycles. The molecule has 18 heavy (non-hydrogen) atoms. The van der Waals surface area contributed by atoms with Crippen molar-refractivity contribution in [1.29, 1.82) is 0 Å². The number of para-hydroxylation sites is 2. The molecule has 0 atom stereocenters. The van der Waals surface area contributed by atoms with Crippen LogP contribution in [0.4, 0.5) is 11.4 Å². The van der Waals surface area contributed by atoms with Crippen molar-refractivity contribution in [3.63, 3.8) is 0 Å². The lowest BCUT2D eigenvalue weighted by molar-refractivity contribution is 1.52. The Bertz CT molecular complexity index is 621. The molecule has 0 unspecified atom stereocenters. The minimum Gasteiger partial charge on any atom is -0.398 e. The number of terminal acetylenes is 1. The van der Waals surface area contributed by atoms with E-state index in [1.165, 1.54) is 0 Å². The first-order valence-electron chi connectivity index (χ1n) is 5.59. The van der Waals surface area contributed by atoms with Crippen LogP contribution in [0.3, 0.4) is 0 Å². The van der Waals surface area contributed by atoms with Crippen LogP contribution in [0.2, 0.25) is 0 Å².